The van der Waals surface area contributed by atoms with Crippen LogP contribution in [0, 0.1) is 17.0 Å². The lowest BCUT2D eigenvalue weighted by atomic mass is 10.2. The first-order chi connectivity index (χ1) is 11.5. The Kier molecular flexibility index (Phi) is 4.34. The molecule has 0 radical (unpaired) electrons. The largest absolute Gasteiger partial charge is 0.459 e. The lowest BCUT2D eigenvalue weighted by Gasteiger charge is -2.34. The van der Waals surface area contributed by atoms with Gasteiger partial charge < -0.3 is 14.2 Å². The summed E-state index contributed by atoms with van der Waals surface area (Å²) in [5, 5.41) is 10.9. The van der Waals surface area contributed by atoms with Crippen molar-refractivity contribution in [2.75, 3.05) is 26.2 Å². The minimum Gasteiger partial charge on any atom is -0.459 e. The molecule has 1 aliphatic rings. The second-order valence-electron chi connectivity index (χ2n) is 5.37. The van der Waals surface area contributed by atoms with Crippen LogP contribution in [0.15, 0.2) is 28.9 Å². The maximum Gasteiger partial charge on any atom is 0.289 e. The molecule has 2 amide bonds. The zero-order chi connectivity index (χ0) is 17.3. The molecule has 2 aromatic heterocycles. The van der Waals surface area contributed by atoms with Gasteiger partial charge in [-0.2, -0.15) is 0 Å². The molecular formula is C15H15N3O5S. The van der Waals surface area contributed by atoms with Gasteiger partial charge in [0.25, 0.3) is 17.5 Å². The highest BCUT2D eigenvalue weighted by atomic mass is 32.1. The van der Waals surface area contributed by atoms with Crippen molar-refractivity contribution in [1.29, 1.82) is 0 Å². The summed E-state index contributed by atoms with van der Waals surface area (Å²) in [4.78, 5) is 39.2. The number of nitrogens with zero attached hydrogens (tertiary/aromatic N) is 3. The summed E-state index contributed by atoms with van der Waals surface area (Å²) in [5.74, 6) is -0.157. The van der Waals surface area contributed by atoms with Crippen LogP contribution in [0.2, 0.25) is 0 Å². The number of thiophene rings is 1. The number of carbonyl (C=O) groups is 2. The SMILES string of the molecule is Cc1sc(C(=O)N2CCN(C(=O)c3ccco3)CC2)cc1[N+](=O)[O-]. The number of aryl methyl sites for hydroxylation is 1. The minimum absolute atomic E-state index is 0.0324. The lowest BCUT2D eigenvalue weighted by Crippen LogP contribution is -2.50. The maximum atomic E-state index is 12.5. The van der Waals surface area contributed by atoms with E-state index in [1.54, 1.807) is 28.9 Å². The summed E-state index contributed by atoms with van der Waals surface area (Å²) < 4.78 is 5.10. The fourth-order valence-electron chi connectivity index (χ4n) is 2.58. The van der Waals surface area contributed by atoms with E-state index in [-0.39, 0.29) is 23.3 Å². The van der Waals surface area contributed by atoms with Crippen molar-refractivity contribution in [3.05, 3.63) is 50.1 Å². The smallest absolute Gasteiger partial charge is 0.289 e. The summed E-state index contributed by atoms with van der Waals surface area (Å²) in [6, 6.07) is 4.58. The molecule has 1 fully saturated rings. The highest BCUT2D eigenvalue weighted by Gasteiger charge is 2.28. The summed E-state index contributed by atoms with van der Waals surface area (Å²) in [5.41, 5.74) is -0.0324. The van der Waals surface area contributed by atoms with Gasteiger partial charge in [0.1, 0.15) is 0 Å². The Morgan fingerprint density at radius 2 is 1.83 bits per heavy atom. The predicted octanol–water partition coefficient (Wildman–Crippen LogP) is 2.16. The van der Waals surface area contributed by atoms with E-state index in [1.807, 2.05) is 0 Å². The third-order valence-corrected chi connectivity index (χ3v) is 4.91. The van der Waals surface area contributed by atoms with Gasteiger partial charge in [-0.25, -0.2) is 0 Å². The monoisotopic (exact) mass is 349 g/mol. The highest BCUT2D eigenvalue weighted by Crippen LogP contribution is 2.29. The highest BCUT2D eigenvalue weighted by molar-refractivity contribution is 7.14. The van der Waals surface area contributed by atoms with Crippen molar-refractivity contribution in [1.82, 2.24) is 9.80 Å². The number of carbonyl (C=O) groups excluding carboxylic acids is 2. The molecule has 0 bridgehead atoms. The van der Waals surface area contributed by atoms with Gasteiger partial charge in [0.2, 0.25) is 0 Å². The first kappa shape index (κ1) is 16.2. The van der Waals surface area contributed by atoms with Crippen LogP contribution in [-0.2, 0) is 0 Å². The first-order valence-corrected chi connectivity index (χ1v) is 8.16. The van der Waals surface area contributed by atoms with Gasteiger partial charge in [-0.3, -0.25) is 19.7 Å². The van der Waals surface area contributed by atoms with Crippen LogP contribution in [0.5, 0.6) is 0 Å². The number of nitro groups is 1. The Bertz CT molecular complexity index is 775. The molecule has 0 unspecified atom stereocenters. The number of piperazine rings is 1. The van der Waals surface area contributed by atoms with Crippen molar-refractivity contribution in [3.8, 4) is 0 Å². The second-order valence-corrected chi connectivity index (χ2v) is 6.63. The van der Waals surface area contributed by atoms with E-state index in [1.165, 1.54) is 12.3 Å². The van der Waals surface area contributed by atoms with Gasteiger partial charge in [-0.15, -0.1) is 11.3 Å². The number of hydrogen-bond donors (Lipinski definition) is 0. The molecule has 1 aliphatic heterocycles. The van der Waals surface area contributed by atoms with E-state index in [9.17, 15) is 19.7 Å². The lowest BCUT2D eigenvalue weighted by molar-refractivity contribution is -0.385. The Morgan fingerprint density at radius 3 is 2.33 bits per heavy atom. The average Bonchev–Trinajstić information content (AvgIpc) is 3.23. The van der Waals surface area contributed by atoms with Crippen molar-refractivity contribution in [2.45, 2.75) is 6.92 Å². The average molecular weight is 349 g/mol. The Balaban J connectivity index is 1.64. The number of hydrogen-bond acceptors (Lipinski definition) is 6. The van der Waals surface area contributed by atoms with Gasteiger partial charge in [-0.1, -0.05) is 0 Å². The quantitative estimate of drug-likeness (QED) is 0.625. The van der Waals surface area contributed by atoms with Crippen molar-refractivity contribution in [2.24, 2.45) is 0 Å². The van der Waals surface area contributed by atoms with Crippen LogP contribution < -0.4 is 0 Å². The van der Waals surface area contributed by atoms with Crippen LogP contribution in [0.25, 0.3) is 0 Å². The van der Waals surface area contributed by atoms with E-state index in [0.717, 1.165) is 11.3 Å². The molecule has 0 aromatic carbocycles. The number of furan rings is 1. The normalized spacial score (nSPS) is 14.7. The molecule has 0 saturated carbocycles. The third kappa shape index (κ3) is 3.02. The Morgan fingerprint density at radius 1 is 1.21 bits per heavy atom. The standard InChI is InChI=1S/C15H15N3O5S/c1-10-11(18(21)22)9-13(24-10)15(20)17-6-4-16(5-7-17)14(19)12-3-2-8-23-12/h2-3,8-9H,4-7H2,1H3. The molecule has 126 valence electrons. The molecule has 0 N–H and O–H groups in total. The van der Waals surface area contributed by atoms with E-state index >= 15 is 0 Å². The molecule has 0 spiro atoms. The summed E-state index contributed by atoms with van der Waals surface area (Å²) in [6.07, 6.45) is 1.44. The van der Waals surface area contributed by atoms with Crippen LogP contribution in [0.3, 0.4) is 0 Å². The summed E-state index contributed by atoms with van der Waals surface area (Å²) >= 11 is 1.12. The van der Waals surface area contributed by atoms with Crippen LogP contribution in [-0.4, -0.2) is 52.7 Å². The van der Waals surface area contributed by atoms with Crippen molar-refractivity contribution >= 4 is 28.8 Å². The molecule has 0 atom stereocenters. The number of rotatable bonds is 3. The van der Waals surface area contributed by atoms with E-state index in [4.69, 9.17) is 4.42 Å². The van der Waals surface area contributed by atoms with Crippen LogP contribution in [0.4, 0.5) is 5.69 Å². The molecule has 8 nitrogen and oxygen atoms in total. The van der Waals surface area contributed by atoms with Gasteiger partial charge in [0.05, 0.1) is 20.9 Å². The van der Waals surface area contributed by atoms with E-state index in [0.29, 0.717) is 35.9 Å². The zero-order valence-corrected chi connectivity index (χ0v) is 13.7. The minimum atomic E-state index is -0.484. The Labute approximate surface area is 141 Å². The molecule has 9 heteroatoms. The second kappa shape index (κ2) is 6.44. The topological polar surface area (TPSA) is 96.9 Å². The van der Waals surface area contributed by atoms with Crippen molar-refractivity contribution < 1.29 is 18.9 Å². The van der Waals surface area contributed by atoms with Crippen LogP contribution in [0.1, 0.15) is 25.1 Å². The van der Waals surface area contributed by atoms with Gasteiger partial charge in [-0.05, 0) is 19.1 Å². The predicted molar refractivity (Wildman–Crippen MR) is 86.2 cm³/mol. The van der Waals surface area contributed by atoms with Gasteiger partial charge in [0.15, 0.2) is 5.76 Å². The van der Waals surface area contributed by atoms with Gasteiger partial charge in [0, 0.05) is 32.2 Å². The molecule has 0 aliphatic carbocycles. The fourth-order valence-corrected chi connectivity index (χ4v) is 3.54. The third-order valence-electron chi connectivity index (χ3n) is 3.89. The van der Waals surface area contributed by atoms with E-state index < -0.39 is 4.92 Å². The molecule has 3 heterocycles. The van der Waals surface area contributed by atoms with Crippen molar-refractivity contribution in [3.63, 3.8) is 0 Å². The Hall–Kier alpha value is -2.68. The summed E-state index contributed by atoms with van der Waals surface area (Å²) in [6.45, 7) is 3.20. The fraction of sp³-hybridized carbons (Fsp3) is 0.333. The number of amides is 2. The zero-order valence-electron chi connectivity index (χ0n) is 12.9. The van der Waals surface area contributed by atoms with Gasteiger partial charge >= 0.3 is 0 Å². The molecule has 3 rings (SSSR count). The maximum absolute atomic E-state index is 12.5. The summed E-state index contributed by atoms with van der Waals surface area (Å²) in [7, 11) is 0. The molecule has 2 aromatic rings. The van der Waals surface area contributed by atoms with E-state index in [2.05, 4.69) is 0 Å². The molecule has 1 saturated heterocycles. The van der Waals surface area contributed by atoms with Crippen LogP contribution >= 0.6 is 11.3 Å². The molecular weight excluding hydrogens is 334 g/mol. The first-order valence-electron chi connectivity index (χ1n) is 7.34. The molecule has 24 heavy (non-hydrogen) atoms.